The first-order valence-electron chi connectivity index (χ1n) is 8.37. The van der Waals surface area contributed by atoms with Crippen molar-refractivity contribution in [3.63, 3.8) is 0 Å². The molecule has 25 heavy (non-hydrogen) atoms. The van der Waals surface area contributed by atoms with E-state index in [-0.39, 0.29) is 24.5 Å². The Morgan fingerprint density at radius 2 is 1.88 bits per heavy atom. The minimum atomic E-state index is -0.863. The summed E-state index contributed by atoms with van der Waals surface area (Å²) in [6, 6.07) is 0. The number of hydrogen-bond acceptors (Lipinski definition) is 6. The number of alkyl carbamates (subject to hydrolysis) is 1. The van der Waals surface area contributed by atoms with E-state index in [2.05, 4.69) is 11.9 Å². The summed E-state index contributed by atoms with van der Waals surface area (Å²) >= 11 is -0.863. The van der Waals surface area contributed by atoms with Gasteiger partial charge in [-0.15, -0.1) is 0 Å². The highest BCUT2D eigenvalue weighted by molar-refractivity contribution is 7.92. The van der Waals surface area contributed by atoms with Crippen LogP contribution < -0.4 is 5.32 Å². The zero-order chi connectivity index (χ0) is 19.3. The minimum Gasteiger partial charge on any atom is -0.616 e. The van der Waals surface area contributed by atoms with E-state index >= 15 is 0 Å². The lowest BCUT2D eigenvalue weighted by atomic mass is 10.0. The van der Waals surface area contributed by atoms with Gasteiger partial charge in [0.2, 0.25) is 0 Å². The van der Waals surface area contributed by atoms with Crippen molar-refractivity contribution in [2.24, 2.45) is 0 Å². The van der Waals surface area contributed by atoms with Crippen molar-refractivity contribution in [2.45, 2.75) is 44.8 Å². The zero-order valence-corrected chi connectivity index (χ0v) is 16.5. The van der Waals surface area contributed by atoms with Gasteiger partial charge in [-0.1, -0.05) is 24.7 Å². The van der Waals surface area contributed by atoms with E-state index in [1.807, 2.05) is 13.8 Å². The number of carbonyl (C=O) groups excluding carboxylic acids is 2. The Labute approximate surface area is 153 Å². The predicted molar refractivity (Wildman–Crippen MR) is 97.9 cm³/mol. The van der Waals surface area contributed by atoms with Gasteiger partial charge >= 0.3 is 12.1 Å². The van der Waals surface area contributed by atoms with Gasteiger partial charge in [0.15, 0.2) is 0 Å². The van der Waals surface area contributed by atoms with Gasteiger partial charge in [-0.25, -0.2) is 9.59 Å². The van der Waals surface area contributed by atoms with Gasteiger partial charge in [0, 0.05) is 12.2 Å². The molecule has 1 N–H and O–H groups in total. The first kappa shape index (κ1) is 23.8. The van der Waals surface area contributed by atoms with E-state index in [1.165, 1.54) is 0 Å². The van der Waals surface area contributed by atoms with Crippen molar-refractivity contribution in [3.05, 3.63) is 12.2 Å². The molecule has 1 amide bonds. The summed E-state index contributed by atoms with van der Waals surface area (Å²) in [7, 11) is 0. The smallest absolute Gasteiger partial charge is 0.407 e. The van der Waals surface area contributed by atoms with Crippen LogP contribution in [0.2, 0.25) is 0 Å². The van der Waals surface area contributed by atoms with Gasteiger partial charge in [-0.05, 0) is 33.1 Å². The van der Waals surface area contributed by atoms with Crippen molar-refractivity contribution in [1.29, 1.82) is 0 Å². The van der Waals surface area contributed by atoms with Crippen LogP contribution in [0.4, 0.5) is 4.79 Å². The molecule has 2 unspecified atom stereocenters. The quantitative estimate of drug-likeness (QED) is 0.229. The van der Waals surface area contributed by atoms with Crippen LogP contribution in [0.3, 0.4) is 0 Å². The third kappa shape index (κ3) is 11.1. The molecule has 0 spiro atoms. The Morgan fingerprint density at radius 1 is 1.20 bits per heavy atom. The van der Waals surface area contributed by atoms with Crippen LogP contribution >= 0.6 is 0 Å². The maximum Gasteiger partial charge on any atom is 0.407 e. The van der Waals surface area contributed by atoms with Crippen molar-refractivity contribution in [1.82, 2.24) is 5.32 Å². The number of hydrogen-bond donors (Lipinski definition) is 1. The summed E-state index contributed by atoms with van der Waals surface area (Å²) in [6.07, 6.45) is 3.65. The first-order chi connectivity index (χ1) is 11.7. The lowest BCUT2D eigenvalue weighted by molar-refractivity contribution is -0.138. The Balaban J connectivity index is 3.58. The molecule has 0 saturated heterocycles. The van der Waals surface area contributed by atoms with Gasteiger partial charge in [-0.3, -0.25) is 0 Å². The summed E-state index contributed by atoms with van der Waals surface area (Å²) < 4.78 is 26.7. The van der Waals surface area contributed by atoms with E-state index < -0.39 is 23.2 Å². The zero-order valence-electron chi connectivity index (χ0n) is 15.7. The molecule has 2 atom stereocenters. The molecule has 0 aromatic heterocycles. The Morgan fingerprint density at radius 3 is 2.44 bits per heavy atom. The van der Waals surface area contributed by atoms with E-state index in [0.717, 1.165) is 19.3 Å². The first-order valence-corrected chi connectivity index (χ1v) is 9.93. The molecule has 0 heterocycles. The molecular formula is C17H31NO6S. The molecule has 0 rings (SSSR count). The Kier molecular flexibility index (Phi) is 12.4. The molecule has 0 aliphatic rings. The topological polar surface area (TPSA) is 96.9 Å². The normalized spacial score (nSPS) is 14.3. The summed E-state index contributed by atoms with van der Waals surface area (Å²) in [5, 5.41) is 2.46. The van der Waals surface area contributed by atoms with Crippen LogP contribution in [0, 0.1) is 0 Å². The second-order valence-corrected chi connectivity index (χ2v) is 7.85. The number of carbonyl (C=O) groups is 2. The lowest BCUT2D eigenvalue weighted by Gasteiger charge is -2.28. The predicted octanol–water partition coefficient (Wildman–Crippen LogP) is 2.18. The Hall–Kier alpha value is -1.25. The third-order valence-electron chi connectivity index (χ3n) is 3.85. The lowest BCUT2D eigenvalue weighted by Crippen LogP contribution is -2.34. The highest BCUT2D eigenvalue weighted by Crippen LogP contribution is 2.26. The van der Waals surface area contributed by atoms with Crippen LogP contribution in [0.5, 0.6) is 0 Å². The van der Waals surface area contributed by atoms with Crippen LogP contribution in [0.15, 0.2) is 12.2 Å². The fraction of sp³-hybridized carbons (Fsp3) is 0.765. The van der Waals surface area contributed by atoms with Gasteiger partial charge in [0.25, 0.3) is 0 Å². The van der Waals surface area contributed by atoms with Crippen LogP contribution in [-0.2, 0) is 30.2 Å². The van der Waals surface area contributed by atoms with Crippen LogP contribution in [0.1, 0.15) is 40.0 Å². The second kappa shape index (κ2) is 13.0. The van der Waals surface area contributed by atoms with Crippen molar-refractivity contribution in [2.75, 3.05) is 39.2 Å². The molecule has 7 nitrogen and oxygen atoms in total. The van der Waals surface area contributed by atoms with Crippen molar-refractivity contribution < 1.29 is 28.4 Å². The molecular weight excluding hydrogens is 346 g/mol. The number of esters is 1. The number of rotatable bonds is 13. The fourth-order valence-corrected chi connectivity index (χ4v) is 2.68. The second-order valence-electron chi connectivity index (χ2n) is 5.95. The largest absolute Gasteiger partial charge is 0.616 e. The highest BCUT2D eigenvalue weighted by Gasteiger charge is 2.31. The van der Waals surface area contributed by atoms with Gasteiger partial charge in [0.05, 0.1) is 19.4 Å². The molecule has 0 saturated carbocycles. The van der Waals surface area contributed by atoms with Gasteiger partial charge < -0.3 is 24.1 Å². The van der Waals surface area contributed by atoms with E-state index in [9.17, 15) is 14.1 Å². The molecule has 0 bridgehead atoms. The van der Waals surface area contributed by atoms with E-state index in [4.69, 9.17) is 14.2 Å². The molecule has 8 heteroatoms. The average Bonchev–Trinajstić information content (AvgIpc) is 2.56. The Bertz CT molecular complexity index is 429. The number of ether oxygens (including phenoxy) is 3. The molecule has 0 aromatic carbocycles. The van der Waals surface area contributed by atoms with Gasteiger partial charge in [0.1, 0.15) is 18.0 Å². The summed E-state index contributed by atoms with van der Waals surface area (Å²) in [5.41, 5.74) is 0.309. The highest BCUT2D eigenvalue weighted by atomic mass is 32.2. The summed E-state index contributed by atoms with van der Waals surface area (Å²) in [6.45, 7) is 10.3. The van der Waals surface area contributed by atoms with Gasteiger partial charge in [-0.2, -0.15) is 0 Å². The number of amides is 1. The summed E-state index contributed by atoms with van der Waals surface area (Å²) in [5.74, 6) is -0.491. The third-order valence-corrected chi connectivity index (χ3v) is 5.73. The number of nitrogens with one attached hydrogen (secondary N) is 1. The fourth-order valence-electron chi connectivity index (χ4n) is 1.84. The summed E-state index contributed by atoms with van der Waals surface area (Å²) in [4.78, 5) is 22.5. The molecule has 0 fully saturated rings. The average molecular weight is 378 g/mol. The standard InChI is InChI=1S/C17H31NO6S/c1-6-17(4,25(5)21)8-7-10-22-12-13-24-16(20)18-9-11-23-15(19)14(2)3/h2,6-13H2,1,3-5H3,(H,18,20). The maximum absolute atomic E-state index is 11.7. The molecule has 0 aliphatic carbocycles. The molecule has 0 aliphatic heterocycles. The van der Waals surface area contributed by atoms with E-state index in [0.29, 0.717) is 18.8 Å². The van der Waals surface area contributed by atoms with Crippen molar-refractivity contribution >= 4 is 23.2 Å². The van der Waals surface area contributed by atoms with E-state index in [1.54, 1.807) is 13.2 Å². The van der Waals surface area contributed by atoms with Crippen LogP contribution in [-0.4, -0.2) is 60.6 Å². The SMILES string of the molecule is C=C(C)C(=O)OCCNC(=O)OCCOCCCC(C)(CC)[S+](C)[O-]. The molecule has 146 valence electrons. The minimum absolute atomic E-state index is 0.0618. The monoisotopic (exact) mass is 377 g/mol. The maximum atomic E-state index is 11.7. The molecule has 0 aromatic rings. The van der Waals surface area contributed by atoms with Crippen LogP contribution in [0.25, 0.3) is 0 Å². The van der Waals surface area contributed by atoms with Crippen molar-refractivity contribution in [3.8, 4) is 0 Å². The molecule has 0 radical (unpaired) electrons.